The van der Waals surface area contributed by atoms with Gasteiger partial charge >= 0.3 is 0 Å². The molecule has 0 heteroatoms. The lowest BCUT2D eigenvalue weighted by molar-refractivity contribution is 0.399. The van der Waals surface area contributed by atoms with Crippen LogP contribution in [0.4, 0.5) is 0 Å². The molecule has 2 aliphatic rings. The first-order chi connectivity index (χ1) is 16.9. The fourth-order valence-electron chi connectivity index (χ4n) is 6.86. The van der Waals surface area contributed by atoms with Gasteiger partial charge in [0.1, 0.15) is 0 Å². The normalized spacial score (nSPS) is 19.9. The largest absolute Gasteiger partial charge is 0.0652 e. The zero-order valence-corrected chi connectivity index (χ0v) is 24.9. The van der Waals surface area contributed by atoms with Crippen molar-refractivity contribution in [1.82, 2.24) is 0 Å². The van der Waals surface area contributed by atoms with Crippen molar-refractivity contribution in [3.8, 4) is 0 Å². The van der Waals surface area contributed by atoms with Crippen molar-refractivity contribution in [2.45, 2.75) is 125 Å². The average molecular weight is 483 g/mol. The first-order valence-electron chi connectivity index (χ1n) is 14.7. The molecular weight excluding hydrogens is 432 g/mol. The topological polar surface area (TPSA) is 0 Å². The maximum absolute atomic E-state index is 2.56. The number of hydrogen-bond acceptors (Lipinski definition) is 0. The van der Waals surface area contributed by atoms with E-state index in [9.17, 15) is 0 Å². The molecule has 4 rings (SSSR count). The minimum Gasteiger partial charge on any atom is -0.0652 e. The molecule has 3 unspecified atom stereocenters. The minimum absolute atomic E-state index is 0.538. The van der Waals surface area contributed by atoms with E-state index in [-0.39, 0.29) is 0 Å². The quantitative estimate of drug-likeness (QED) is 0.351. The van der Waals surface area contributed by atoms with E-state index in [2.05, 4.69) is 113 Å². The van der Waals surface area contributed by atoms with Crippen LogP contribution in [-0.2, 0) is 0 Å². The van der Waals surface area contributed by atoms with Gasteiger partial charge in [0.25, 0.3) is 0 Å². The lowest BCUT2D eigenvalue weighted by atomic mass is 9.74. The predicted molar refractivity (Wildman–Crippen MR) is 160 cm³/mol. The Morgan fingerprint density at radius 1 is 0.611 bits per heavy atom. The Morgan fingerprint density at radius 3 is 1.56 bits per heavy atom. The SMILES string of the molecule is CCC(CC1C(C)=Cc2c(C(C)C)cc(C(C)C)cc21)C1C(C)=Cc2c(C(C)C)cc(C(C)C)cc21. The maximum atomic E-state index is 2.56. The third kappa shape index (κ3) is 4.78. The second kappa shape index (κ2) is 10.4. The van der Waals surface area contributed by atoms with Gasteiger partial charge in [0.2, 0.25) is 0 Å². The molecule has 2 aliphatic carbocycles. The van der Waals surface area contributed by atoms with Crippen LogP contribution in [0.25, 0.3) is 12.2 Å². The molecule has 0 saturated carbocycles. The van der Waals surface area contributed by atoms with Gasteiger partial charge in [-0.05, 0) is 94.4 Å². The summed E-state index contributed by atoms with van der Waals surface area (Å²) in [5, 5.41) is 0. The highest BCUT2D eigenvalue weighted by Crippen LogP contribution is 2.51. The summed E-state index contributed by atoms with van der Waals surface area (Å²) in [5.41, 5.74) is 15.5. The number of hydrogen-bond donors (Lipinski definition) is 0. The van der Waals surface area contributed by atoms with Crippen molar-refractivity contribution in [3.63, 3.8) is 0 Å². The van der Waals surface area contributed by atoms with Crippen LogP contribution < -0.4 is 0 Å². The molecule has 0 heterocycles. The van der Waals surface area contributed by atoms with E-state index < -0.39 is 0 Å². The number of allylic oxidation sites excluding steroid dienone is 2. The molecule has 36 heavy (non-hydrogen) atoms. The van der Waals surface area contributed by atoms with Crippen molar-refractivity contribution in [2.75, 3.05) is 0 Å². The number of rotatable bonds is 8. The van der Waals surface area contributed by atoms with E-state index in [0.717, 1.165) is 0 Å². The zero-order chi connectivity index (χ0) is 26.5. The van der Waals surface area contributed by atoms with Crippen LogP contribution in [0.2, 0.25) is 0 Å². The molecule has 0 spiro atoms. The molecule has 0 aliphatic heterocycles. The number of benzene rings is 2. The van der Waals surface area contributed by atoms with E-state index in [1.807, 2.05) is 0 Å². The van der Waals surface area contributed by atoms with Gasteiger partial charge in [0.15, 0.2) is 0 Å². The van der Waals surface area contributed by atoms with Crippen LogP contribution in [0.5, 0.6) is 0 Å². The van der Waals surface area contributed by atoms with Gasteiger partial charge in [-0.1, -0.05) is 116 Å². The minimum atomic E-state index is 0.538. The van der Waals surface area contributed by atoms with Gasteiger partial charge in [-0.3, -0.25) is 0 Å². The first kappa shape index (κ1) is 27.0. The van der Waals surface area contributed by atoms with E-state index in [1.54, 1.807) is 27.8 Å². The molecule has 0 nitrogen and oxygen atoms in total. The summed E-state index contributed by atoms with van der Waals surface area (Å²) in [6.07, 6.45) is 7.51. The van der Waals surface area contributed by atoms with E-state index in [4.69, 9.17) is 0 Å². The van der Waals surface area contributed by atoms with E-state index in [0.29, 0.717) is 41.4 Å². The third-order valence-corrected chi connectivity index (χ3v) is 9.14. The maximum Gasteiger partial charge on any atom is 0.00833 e. The fourth-order valence-corrected chi connectivity index (χ4v) is 6.86. The van der Waals surface area contributed by atoms with Crippen molar-refractivity contribution in [1.29, 1.82) is 0 Å². The van der Waals surface area contributed by atoms with Gasteiger partial charge in [0, 0.05) is 11.8 Å². The molecule has 0 N–H and O–H groups in total. The molecule has 0 radical (unpaired) electrons. The van der Waals surface area contributed by atoms with E-state index in [1.165, 1.54) is 40.7 Å². The standard InChI is InChI=1S/C36H50/c1-12-26(36-25(11)14-33-30(23(8)9)17-28(21(4)5)19-35(33)36)15-31-24(10)13-32-29(22(6)7)16-27(20(2)3)18-34(31)32/h13-14,16-23,26,31,36H,12,15H2,1-11H3. The molecule has 0 aromatic heterocycles. The fraction of sp³-hybridized carbons (Fsp3) is 0.556. The molecule has 194 valence electrons. The Morgan fingerprint density at radius 2 is 1.08 bits per heavy atom. The summed E-state index contributed by atoms with van der Waals surface area (Å²) in [7, 11) is 0. The van der Waals surface area contributed by atoms with Crippen LogP contribution in [-0.4, -0.2) is 0 Å². The summed E-state index contributed by atoms with van der Waals surface area (Å²) < 4.78 is 0. The van der Waals surface area contributed by atoms with Crippen molar-refractivity contribution in [3.05, 3.63) is 79.9 Å². The van der Waals surface area contributed by atoms with Gasteiger partial charge in [-0.15, -0.1) is 0 Å². The van der Waals surface area contributed by atoms with Crippen LogP contribution in [0.15, 0.2) is 35.4 Å². The summed E-state index contributed by atoms with van der Waals surface area (Å²) in [5.74, 6) is 3.95. The highest BCUT2D eigenvalue weighted by molar-refractivity contribution is 5.72. The van der Waals surface area contributed by atoms with Crippen LogP contribution in [0.1, 0.15) is 169 Å². The third-order valence-electron chi connectivity index (χ3n) is 9.14. The van der Waals surface area contributed by atoms with Crippen molar-refractivity contribution >= 4 is 12.2 Å². The Balaban J connectivity index is 1.76. The molecule has 0 bridgehead atoms. The summed E-state index contributed by atoms with van der Waals surface area (Å²) in [4.78, 5) is 0. The Kier molecular flexibility index (Phi) is 7.76. The molecule has 0 fully saturated rings. The van der Waals surface area contributed by atoms with Crippen molar-refractivity contribution in [2.24, 2.45) is 5.92 Å². The molecule has 3 atom stereocenters. The lowest BCUT2D eigenvalue weighted by Crippen LogP contribution is -2.17. The summed E-state index contributed by atoms with van der Waals surface area (Å²) in [6, 6.07) is 10.1. The van der Waals surface area contributed by atoms with Crippen LogP contribution in [0, 0.1) is 5.92 Å². The highest BCUT2D eigenvalue weighted by Gasteiger charge is 2.35. The number of fused-ring (bicyclic) bond motifs is 2. The monoisotopic (exact) mass is 482 g/mol. The van der Waals surface area contributed by atoms with Crippen LogP contribution in [0.3, 0.4) is 0 Å². The highest BCUT2D eigenvalue weighted by atomic mass is 14.4. The Bertz CT molecular complexity index is 1180. The zero-order valence-electron chi connectivity index (χ0n) is 24.9. The molecule has 0 saturated heterocycles. The predicted octanol–water partition coefficient (Wildman–Crippen LogP) is 11.3. The molecule has 0 amide bonds. The van der Waals surface area contributed by atoms with Gasteiger partial charge in [-0.25, -0.2) is 0 Å². The van der Waals surface area contributed by atoms with Gasteiger partial charge < -0.3 is 0 Å². The van der Waals surface area contributed by atoms with Gasteiger partial charge in [0.05, 0.1) is 0 Å². The smallest absolute Gasteiger partial charge is 0.00833 e. The second-order valence-electron chi connectivity index (χ2n) is 13.1. The Hall–Kier alpha value is -2.08. The average Bonchev–Trinajstić information content (AvgIpc) is 3.30. The van der Waals surface area contributed by atoms with E-state index >= 15 is 0 Å². The summed E-state index contributed by atoms with van der Waals surface area (Å²) in [6.45, 7) is 26.0. The summed E-state index contributed by atoms with van der Waals surface area (Å²) >= 11 is 0. The second-order valence-corrected chi connectivity index (χ2v) is 13.1. The lowest BCUT2D eigenvalue weighted by Gasteiger charge is -2.30. The Labute approximate surface area is 222 Å². The van der Waals surface area contributed by atoms with Gasteiger partial charge in [-0.2, -0.15) is 0 Å². The van der Waals surface area contributed by atoms with Crippen molar-refractivity contribution < 1.29 is 0 Å². The first-order valence-corrected chi connectivity index (χ1v) is 14.7. The van der Waals surface area contributed by atoms with Crippen LogP contribution >= 0.6 is 0 Å². The molecule has 2 aromatic rings. The molecular formula is C36H50. The molecule has 2 aromatic carbocycles.